The van der Waals surface area contributed by atoms with Crippen LogP contribution in [0.15, 0.2) is 0 Å². The van der Waals surface area contributed by atoms with Gasteiger partial charge in [-0.25, -0.2) is 13.1 Å². The number of aliphatic carboxylic acids is 1. The Balaban J connectivity index is 4.68. The van der Waals surface area contributed by atoms with Crippen molar-refractivity contribution in [2.45, 2.75) is 19.9 Å². The van der Waals surface area contributed by atoms with Gasteiger partial charge in [-0.2, -0.15) is 0 Å². The monoisotopic (exact) mass is 253 g/mol. The van der Waals surface area contributed by atoms with Gasteiger partial charge in [-0.3, -0.25) is 9.59 Å². The molecule has 0 aromatic carbocycles. The summed E-state index contributed by atoms with van der Waals surface area (Å²) in [6.45, 7) is 3.11. The van der Waals surface area contributed by atoms with E-state index in [1.54, 1.807) is 13.8 Å². The van der Waals surface area contributed by atoms with Gasteiger partial charge in [0.25, 0.3) is 0 Å². The third kappa shape index (κ3) is 5.08. The Kier molecular flexibility index (Phi) is 5.39. The van der Waals surface area contributed by atoms with E-state index in [1.165, 1.54) is 0 Å². The molecule has 0 bridgehead atoms. The normalized spacial score (nSPS) is 13.5. The third-order valence-corrected chi connectivity index (χ3v) is 3.00. The van der Waals surface area contributed by atoms with Crippen LogP contribution >= 0.6 is 0 Å². The van der Waals surface area contributed by atoms with Crippen molar-refractivity contribution in [1.29, 1.82) is 0 Å². The molecular formula is C8H15NO6S. The molecule has 0 amide bonds. The van der Waals surface area contributed by atoms with Crippen molar-refractivity contribution in [3.63, 3.8) is 0 Å². The molecule has 8 heteroatoms. The molecule has 0 rings (SSSR count). The van der Waals surface area contributed by atoms with Crippen LogP contribution in [0.3, 0.4) is 0 Å². The summed E-state index contributed by atoms with van der Waals surface area (Å²) < 4.78 is 28.8. The lowest BCUT2D eigenvalue weighted by Crippen LogP contribution is -2.46. The summed E-state index contributed by atoms with van der Waals surface area (Å²) in [6.07, 6.45) is 0. The summed E-state index contributed by atoms with van der Waals surface area (Å²) >= 11 is 0. The molecular weight excluding hydrogens is 238 g/mol. The zero-order valence-electron chi connectivity index (χ0n) is 9.26. The Labute approximate surface area is 93.8 Å². The first-order chi connectivity index (χ1) is 7.19. The second kappa shape index (κ2) is 5.80. The Hall–Kier alpha value is -1.15. The van der Waals surface area contributed by atoms with Crippen molar-refractivity contribution < 1.29 is 27.9 Å². The largest absolute Gasteiger partial charge is 0.480 e. The fourth-order valence-corrected chi connectivity index (χ4v) is 2.19. The van der Waals surface area contributed by atoms with Gasteiger partial charge >= 0.3 is 11.9 Å². The quantitative estimate of drug-likeness (QED) is 0.599. The highest BCUT2D eigenvalue weighted by atomic mass is 32.2. The fourth-order valence-electron chi connectivity index (χ4n) is 0.921. The molecule has 1 atom stereocenters. The number of methoxy groups -OCH3 is 1. The van der Waals surface area contributed by atoms with E-state index < -0.39 is 39.7 Å². The molecule has 0 radical (unpaired) electrons. The lowest BCUT2D eigenvalue weighted by atomic mass is 10.1. The van der Waals surface area contributed by atoms with Crippen LogP contribution in [-0.2, 0) is 24.3 Å². The average molecular weight is 253 g/mol. The van der Waals surface area contributed by atoms with Crippen LogP contribution in [0.5, 0.6) is 0 Å². The first-order valence-corrected chi connectivity index (χ1v) is 6.14. The molecule has 0 aliphatic heterocycles. The van der Waals surface area contributed by atoms with E-state index in [2.05, 4.69) is 4.74 Å². The number of hydrogen-bond acceptors (Lipinski definition) is 5. The number of carbonyl (C=O) groups is 2. The summed E-state index contributed by atoms with van der Waals surface area (Å²) in [7, 11) is -2.94. The molecule has 0 aliphatic rings. The fraction of sp³-hybridized carbons (Fsp3) is 0.750. The van der Waals surface area contributed by atoms with Crippen molar-refractivity contribution >= 4 is 22.0 Å². The highest BCUT2D eigenvalue weighted by Gasteiger charge is 2.28. The van der Waals surface area contributed by atoms with Crippen LogP contribution in [0.4, 0.5) is 0 Å². The highest BCUT2D eigenvalue weighted by Crippen LogP contribution is 2.04. The van der Waals surface area contributed by atoms with Crippen LogP contribution in [0.2, 0.25) is 0 Å². The minimum absolute atomic E-state index is 0.426. The molecule has 94 valence electrons. The van der Waals surface area contributed by atoms with Gasteiger partial charge in [0.05, 0.1) is 7.11 Å². The van der Waals surface area contributed by atoms with E-state index in [1.807, 2.05) is 4.72 Å². The molecule has 0 aliphatic carbocycles. The van der Waals surface area contributed by atoms with E-state index in [9.17, 15) is 18.0 Å². The van der Waals surface area contributed by atoms with Crippen LogP contribution in [0.1, 0.15) is 13.8 Å². The number of esters is 1. The summed E-state index contributed by atoms with van der Waals surface area (Å²) in [5, 5.41) is 8.76. The summed E-state index contributed by atoms with van der Waals surface area (Å²) in [4.78, 5) is 21.5. The molecule has 7 nitrogen and oxygen atoms in total. The Morgan fingerprint density at radius 1 is 1.38 bits per heavy atom. The van der Waals surface area contributed by atoms with Crippen molar-refractivity contribution in [2.75, 3.05) is 12.9 Å². The van der Waals surface area contributed by atoms with Crippen molar-refractivity contribution in [3.05, 3.63) is 0 Å². The third-order valence-electron chi connectivity index (χ3n) is 1.77. The molecule has 0 saturated heterocycles. The summed E-state index contributed by atoms with van der Waals surface area (Å²) in [5.74, 6) is -3.55. The van der Waals surface area contributed by atoms with Gasteiger partial charge in [0.2, 0.25) is 10.0 Å². The standard InChI is InChI=1S/C8H15NO6S/c1-5(2)7(8(11)12)9-16(13,14)4-6(10)15-3/h5,7,9H,4H2,1-3H3,(H,11,12)/t7-/m0/s1. The molecule has 0 aromatic heterocycles. The maximum absolute atomic E-state index is 11.3. The van der Waals surface area contributed by atoms with Crippen LogP contribution in [0, 0.1) is 5.92 Å². The molecule has 0 fully saturated rings. The zero-order chi connectivity index (χ0) is 12.9. The lowest BCUT2D eigenvalue weighted by molar-refractivity contribution is -0.140. The van der Waals surface area contributed by atoms with Gasteiger partial charge in [-0.1, -0.05) is 13.8 Å². The number of carboxylic acid groups (broad SMARTS) is 1. The number of ether oxygens (including phenoxy) is 1. The molecule has 0 spiro atoms. The smallest absolute Gasteiger partial charge is 0.322 e. The predicted molar refractivity (Wildman–Crippen MR) is 55.2 cm³/mol. The zero-order valence-corrected chi connectivity index (χ0v) is 10.1. The minimum atomic E-state index is -3.99. The van der Waals surface area contributed by atoms with Crippen LogP contribution in [-0.4, -0.2) is 44.4 Å². The first kappa shape index (κ1) is 14.8. The maximum Gasteiger partial charge on any atom is 0.322 e. The van der Waals surface area contributed by atoms with E-state index in [0.717, 1.165) is 7.11 Å². The topological polar surface area (TPSA) is 110 Å². The second-order valence-electron chi connectivity index (χ2n) is 3.51. The molecule has 0 saturated carbocycles. The van der Waals surface area contributed by atoms with Crippen LogP contribution < -0.4 is 4.72 Å². The predicted octanol–water partition coefficient (Wildman–Crippen LogP) is -0.812. The molecule has 2 N–H and O–H groups in total. The van der Waals surface area contributed by atoms with Gasteiger partial charge in [0.15, 0.2) is 5.75 Å². The number of rotatable bonds is 6. The molecule has 0 unspecified atom stereocenters. The number of carboxylic acids is 1. The van der Waals surface area contributed by atoms with E-state index in [0.29, 0.717) is 0 Å². The van der Waals surface area contributed by atoms with Gasteiger partial charge in [-0.05, 0) is 5.92 Å². The van der Waals surface area contributed by atoms with Gasteiger partial charge in [0, 0.05) is 0 Å². The van der Waals surface area contributed by atoms with Crippen molar-refractivity contribution in [2.24, 2.45) is 5.92 Å². The summed E-state index contributed by atoms with van der Waals surface area (Å²) in [6, 6.07) is -1.25. The van der Waals surface area contributed by atoms with Crippen molar-refractivity contribution in [3.8, 4) is 0 Å². The Bertz CT molecular complexity index is 361. The Morgan fingerprint density at radius 3 is 2.19 bits per heavy atom. The first-order valence-electron chi connectivity index (χ1n) is 4.49. The number of hydrogen-bond donors (Lipinski definition) is 2. The highest BCUT2D eigenvalue weighted by molar-refractivity contribution is 7.90. The number of nitrogens with one attached hydrogen (secondary N) is 1. The molecule has 16 heavy (non-hydrogen) atoms. The SMILES string of the molecule is COC(=O)CS(=O)(=O)N[C@H](C(=O)O)C(C)C. The Morgan fingerprint density at radius 2 is 1.88 bits per heavy atom. The van der Waals surface area contributed by atoms with E-state index >= 15 is 0 Å². The average Bonchev–Trinajstić information content (AvgIpc) is 2.12. The molecule has 0 aromatic rings. The second-order valence-corrected chi connectivity index (χ2v) is 5.27. The van der Waals surface area contributed by atoms with Gasteiger partial charge in [0.1, 0.15) is 6.04 Å². The molecule has 0 heterocycles. The number of sulfonamides is 1. The van der Waals surface area contributed by atoms with Gasteiger partial charge < -0.3 is 9.84 Å². The van der Waals surface area contributed by atoms with Gasteiger partial charge in [-0.15, -0.1) is 0 Å². The minimum Gasteiger partial charge on any atom is -0.480 e. The maximum atomic E-state index is 11.3. The van der Waals surface area contributed by atoms with Crippen LogP contribution in [0.25, 0.3) is 0 Å². The number of carbonyl (C=O) groups excluding carboxylic acids is 1. The van der Waals surface area contributed by atoms with E-state index in [4.69, 9.17) is 5.11 Å². The summed E-state index contributed by atoms with van der Waals surface area (Å²) in [5.41, 5.74) is 0. The van der Waals surface area contributed by atoms with E-state index in [-0.39, 0.29) is 0 Å². The van der Waals surface area contributed by atoms with Crippen molar-refractivity contribution in [1.82, 2.24) is 4.72 Å². The lowest BCUT2D eigenvalue weighted by Gasteiger charge is -2.17.